The number of rotatable bonds is 2. The third-order valence-corrected chi connectivity index (χ3v) is 3.83. The van der Waals surface area contributed by atoms with Crippen LogP contribution in [0.25, 0.3) is 0 Å². The number of aliphatic hydroxyl groups is 1. The van der Waals surface area contributed by atoms with Gasteiger partial charge >= 0.3 is 0 Å². The summed E-state index contributed by atoms with van der Waals surface area (Å²) in [6.45, 7) is 8.02. The first-order valence-corrected chi connectivity index (χ1v) is 5.69. The molecule has 0 saturated heterocycles. The van der Waals surface area contributed by atoms with Crippen molar-refractivity contribution in [1.82, 2.24) is 9.78 Å². The Kier molecular flexibility index (Phi) is 2.49. The molecule has 0 aromatic carbocycles. The van der Waals surface area contributed by atoms with Gasteiger partial charge in [-0.25, -0.2) is 0 Å². The Morgan fingerprint density at radius 1 is 1.44 bits per heavy atom. The molecule has 0 amide bonds. The van der Waals surface area contributed by atoms with Gasteiger partial charge in [0.2, 0.25) is 0 Å². The lowest BCUT2D eigenvalue weighted by atomic mass is 9.66. The summed E-state index contributed by atoms with van der Waals surface area (Å²) in [7, 11) is 1.91. The summed E-state index contributed by atoms with van der Waals surface area (Å²) in [5.74, 6) is 0.868. The normalized spacial score (nSPS) is 27.6. The van der Waals surface area contributed by atoms with Crippen molar-refractivity contribution in [3.05, 3.63) is 11.4 Å². The molecule has 1 aromatic rings. The zero-order valence-corrected chi connectivity index (χ0v) is 10.6. The maximum atomic E-state index is 9.67. The van der Waals surface area contributed by atoms with Gasteiger partial charge in [0.05, 0.1) is 11.8 Å². The standard InChI is InChI=1S/C12H20N2O2/c1-7-11(8(2)14(5)13-7)16-10-6-9(15)12(10,3)4/h9-10,15H,6H2,1-5H3. The van der Waals surface area contributed by atoms with E-state index in [0.29, 0.717) is 6.42 Å². The highest BCUT2D eigenvalue weighted by atomic mass is 16.5. The van der Waals surface area contributed by atoms with Crippen LogP contribution in [0.5, 0.6) is 5.75 Å². The van der Waals surface area contributed by atoms with Gasteiger partial charge in [-0.3, -0.25) is 4.68 Å². The third kappa shape index (κ3) is 1.52. The predicted molar refractivity (Wildman–Crippen MR) is 61.5 cm³/mol. The highest BCUT2D eigenvalue weighted by molar-refractivity contribution is 5.32. The molecule has 4 nitrogen and oxygen atoms in total. The van der Waals surface area contributed by atoms with Crippen molar-refractivity contribution in [3.63, 3.8) is 0 Å². The summed E-state index contributed by atoms with van der Waals surface area (Å²) in [6, 6.07) is 0. The van der Waals surface area contributed by atoms with Gasteiger partial charge in [-0.2, -0.15) is 5.10 Å². The fraction of sp³-hybridized carbons (Fsp3) is 0.750. The van der Waals surface area contributed by atoms with E-state index in [4.69, 9.17) is 4.74 Å². The van der Waals surface area contributed by atoms with Crippen LogP contribution in [0.3, 0.4) is 0 Å². The van der Waals surface area contributed by atoms with Gasteiger partial charge in [-0.1, -0.05) is 13.8 Å². The van der Waals surface area contributed by atoms with Crippen LogP contribution >= 0.6 is 0 Å². The maximum Gasteiger partial charge on any atom is 0.163 e. The summed E-state index contributed by atoms with van der Waals surface area (Å²) in [4.78, 5) is 0. The number of aryl methyl sites for hydroxylation is 2. The molecule has 1 fully saturated rings. The van der Waals surface area contributed by atoms with Crippen molar-refractivity contribution >= 4 is 0 Å². The largest absolute Gasteiger partial charge is 0.486 e. The van der Waals surface area contributed by atoms with Crippen molar-refractivity contribution in [1.29, 1.82) is 0 Å². The molecule has 0 spiro atoms. The fourth-order valence-electron chi connectivity index (χ4n) is 2.13. The molecule has 2 rings (SSSR count). The lowest BCUT2D eigenvalue weighted by Crippen LogP contribution is -2.56. The molecule has 1 aliphatic carbocycles. The molecule has 4 heteroatoms. The van der Waals surface area contributed by atoms with Gasteiger partial charge in [0.15, 0.2) is 5.75 Å². The first-order valence-electron chi connectivity index (χ1n) is 5.69. The van der Waals surface area contributed by atoms with Gasteiger partial charge in [-0.15, -0.1) is 0 Å². The summed E-state index contributed by atoms with van der Waals surface area (Å²) >= 11 is 0. The number of aliphatic hydroxyl groups excluding tert-OH is 1. The van der Waals surface area contributed by atoms with E-state index in [-0.39, 0.29) is 17.6 Å². The molecule has 0 radical (unpaired) electrons. The molecule has 2 unspecified atom stereocenters. The van der Waals surface area contributed by atoms with E-state index in [1.165, 1.54) is 0 Å². The maximum absolute atomic E-state index is 9.67. The first kappa shape index (κ1) is 11.5. The fourth-order valence-corrected chi connectivity index (χ4v) is 2.13. The van der Waals surface area contributed by atoms with Crippen molar-refractivity contribution in [3.8, 4) is 5.75 Å². The first-order chi connectivity index (χ1) is 7.34. The smallest absolute Gasteiger partial charge is 0.163 e. The second kappa shape index (κ2) is 3.48. The summed E-state index contributed by atoms with van der Waals surface area (Å²) in [5, 5.41) is 14.0. The van der Waals surface area contributed by atoms with E-state index in [1.54, 1.807) is 0 Å². The molecule has 16 heavy (non-hydrogen) atoms. The summed E-state index contributed by atoms with van der Waals surface area (Å²) in [6.07, 6.45) is 0.541. The molecule has 1 N–H and O–H groups in total. The highest BCUT2D eigenvalue weighted by Crippen LogP contribution is 2.43. The minimum Gasteiger partial charge on any atom is -0.486 e. The number of aromatic nitrogens is 2. The van der Waals surface area contributed by atoms with E-state index in [0.717, 1.165) is 17.1 Å². The average molecular weight is 224 g/mol. The molecule has 1 heterocycles. The summed E-state index contributed by atoms with van der Waals surface area (Å²) in [5.41, 5.74) is 1.79. The Hall–Kier alpha value is -1.03. The van der Waals surface area contributed by atoms with Crippen molar-refractivity contribution in [2.75, 3.05) is 0 Å². The Morgan fingerprint density at radius 3 is 2.44 bits per heavy atom. The van der Waals surface area contributed by atoms with Crippen molar-refractivity contribution in [2.45, 2.75) is 46.3 Å². The average Bonchev–Trinajstić information content (AvgIpc) is 2.44. The van der Waals surface area contributed by atoms with Crippen LogP contribution in [-0.2, 0) is 7.05 Å². The molecule has 1 saturated carbocycles. The minimum atomic E-state index is -0.255. The van der Waals surface area contributed by atoms with E-state index >= 15 is 0 Å². The van der Waals surface area contributed by atoms with Crippen molar-refractivity contribution in [2.24, 2.45) is 12.5 Å². The van der Waals surface area contributed by atoms with Gasteiger partial charge in [-0.05, 0) is 13.8 Å². The topological polar surface area (TPSA) is 47.3 Å². The van der Waals surface area contributed by atoms with E-state index < -0.39 is 0 Å². The van der Waals surface area contributed by atoms with E-state index in [9.17, 15) is 5.11 Å². The molecule has 90 valence electrons. The minimum absolute atomic E-state index is 0.0871. The third-order valence-electron chi connectivity index (χ3n) is 3.83. The SMILES string of the molecule is Cc1nn(C)c(C)c1OC1CC(O)C1(C)C. The van der Waals surface area contributed by atoms with Crippen LogP contribution in [0, 0.1) is 19.3 Å². The molecular weight excluding hydrogens is 204 g/mol. The quantitative estimate of drug-likeness (QED) is 0.829. The Labute approximate surface area is 96.2 Å². The second-order valence-electron chi connectivity index (χ2n) is 5.30. The molecular formula is C12H20N2O2. The Morgan fingerprint density at radius 2 is 2.06 bits per heavy atom. The zero-order valence-electron chi connectivity index (χ0n) is 10.6. The Balaban J connectivity index is 2.17. The van der Waals surface area contributed by atoms with E-state index in [2.05, 4.69) is 5.10 Å². The number of nitrogens with zero attached hydrogens (tertiary/aromatic N) is 2. The monoisotopic (exact) mass is 224 g/mol. The number of hydrogen-bond donors (Lipinski definition) is 1. The molecule has 1 aromatic heterocycles. The van der Waals surface area contributed by atoms with Crippen LogP contribution in [0.15, 0.2) is 0 Å². The van der Waals surface area contributed by atoms with Crippen LogP contribution in [0.2, 0.25) is 0 Å². The second-order valence-corrected chi connectivity index (χ2v) is 5.30. The number of hydrogen-bond acceptors (Lipinski definition) is 3. The Bertz CT molecular complexity index is 409. The van der Waals surface area contributed by atoms with Crippen LogP contribution in [0.4, 0.5) is 0 Å². The lowest BCUT2D eigenvalue weighted by Gasteiger charge is -2.48. The van der Waals surface area contributed by atoms with Gasteiger partial charge in [0.1, 0.15) is 11.8 Å². The number of ether oxygens (including phenoxy) is 1. The predicted octanol–water partition coefficient (Wildman–Crippen LogP) is 1.58. The van der Waals surface area contributed by atoms with Gasteiger partial charge in [0.25, 0.3) is 0 Å². The van der Waals surface area contributed by atoms with E-state index in [1.807, 2.05) is 39.4 Å². The van der Waals surface area contributed by atoms with Crippen molar-refractivity contribution < 1.29 is 9.84 Å². The lowest BCUT2D eigenvalue weighted by molar-refractivity contribution is -0.134. The summed E-state index contributed by atoms with van der Waals surface area (Å²) < 4.78 is 7.80. The van der Waals surface area contributed by atoms with Crippen LogP contribution < -0.4 is 4.74 Å². The molecule has 2 atom stereocenters. The molecule has 1 aliphatic rings. The zero-order chi connectivity index (χ0) is 12.1. The van der Waals surface area contributed by atoms with Gasteiger partial charge in [0, 0.05) is 18.9 Å². The van der Waals surface area contributed by atoms with Crippen LogP contribution in [-0.4, -0.2) is 27.1 Å². The highest BCUT2D eigenvalue weighted by Gasteiger charge is 2.49. The van der Waals surface area contributed by atoms with Crippen LogP contribution in [0.1, 0.15) is 31.7 Å². The van der Waals surface area contributed by atoms with Gasteiger partial charge < -0.3 is 9.84 Å². The molecule has 0 aliphatic heterocycles. The molecule has 0 bridgehead atoms.